The van der Waals surface area contributed by atoms with Gasteiger partial charge in [-0.1, -0.05) is 12.1 Å². The smallest absolute Gasteiger partial charge is 0.248 e. The maximum Gasteiger partial charge on any atom is 0.248 e. The van der Waals surface area contributed by atoms with Crippen molar-refractivity contribution >= 4 is 11.8 Å². The Kier molecular flexibility index (Phi) is 2.90. The highest BCUT2D eigenvalue weighted by Crippen LogP contribution is 2.14. The average Bonchev–Trinajstić information content (AvgIpc) is 2.65. The molecule has 0 saturated carbocycles. The van der Waals surface area contributed by atoms with Gasteiger partial charge in [0.25, 0.3) is 0 Å². The van der Waals surface area contributed by atoms with Crippen molar-refractivity contribution in [3.63, 3.8) is 0 Å². The molecule has 0 radical (unpaired) electrons. The first-order chi connectivity index (χ1) is 7.66. The predicted octanol–water partition coefficient (Wildman–Crippen LogP) is 0.908. The van der Waals surface area contributed by atoms with Crippen molar-refractivity contribution in [2.75, 3.05) is 6.54 Å². The second kappa shape index (κ2) is 4.35. The summed E-state index contributed by atoms with van der Waals surface area (Å²) in [6, 6.07) is 7.06. The summed E-state index contributed by atoms with van der Waals surface area (Å²) < 4.78 is 0. The summed E-state index contributed by atoms with van der Waals surface area (Å²) in [6.07, 6.45) is 1.59. The Hall–Kier alpha value is -1.84. The summed E-state index contributed by atoms with van der Waals surface area (Å²) in [5.74, 6) is -0.220. The number of primary amides is 1. The van der Waals surface area contributed by atoms with Gasteiger partial charge in [0.05, 0.1) is 0 Å². The quantitative estimate of drug-likeness (QED) is 0.819. The van der Waals surface area contributed by atoms with Gasteiger partial charge in [-0.25, -0.2) is 0 Å². The zero-order chi connectivity index (χ0) is 11.5. The molecular formula is C12H14N2O2. The van der Waals surface area contributed by atoms with Crippen LogP contribution in [0.1, 0.15) is 28.8 Å². The largest absolute Gasteiger partial charge is 0.366 e. The standard InChI is InChI=1S/C12H14N2O2/c13-12(16)10-5-3-9(4-6-10)8-14-7-1-2-11(14)15/h3-6H,1-2,7-8H2,(H2,13,16). The SMILES string of the molecule is NC(=O)c1ccc(CN2CCCC2=O)cc1. The number of nitrogens with zero attached hydrogens (tertiary/aromatic N) is 1. The first-order valence-corrected chi connectivity index (χ1v) is 5.33. The van der Waals surface area contributed by atoms with E-state index in [9.17, 15) is 9.59 Å². The summed E-state index contributed by atoms with van der Waals surface area (Å²) in [6.45, 7) is 1.45. The molecule has 0 aromatic heterocycles. The Morgan fingerprint density at radius 2 is 2.00 bits per heavy atom. The van der Waals surface area contributed by atoms with Gasteiger partial charge >= 0.3 is 0 Å². The third-order valence-corrected chi connectivity index (χ3v) is 2.78. The molecule has 1 aliphatic rings. The molecule has 1 aliphatic heterocycles. The lowest BCUT2D eigenvalue weighted by Crippen LogP contribution is -2.23. The first-order valence-electron chi connectivity index (χ1n) is 5.33. The molecule has 2 N–H and O–H groups in total. The second-order valence-corrected chi connectivity index (χ2v) is 3.98. The third kappa shape index (κ3) is 2.21. The minimum Gasteiger partial charge on any atom is -0.366 e. The minimum absolute atomic E-state index is 0.207. The van der Waals surface area contributed by atoms with Crippen molar-refractivity contribution in [2.45, 2.75) is 19.4 Å². The second-order valence-electron chi connectivity index (χ2n) is 3.98. The molecule has 1 saturated heterocycles. The van der Waals surface area contributed by atoms with Crippen LogP contribution in [0.2, 0.25) is 0 Å². The molecule has 0 unspecified atom stereocenters. The summed E-state index contributed by atoms with van der Waals surface area (Å²) in [5, 5.41) is 0. The lowest BCUT2D eigenvalue weighted by atomic mass is 10.1. The minimum atomic E-state index is -0.427. The van der Waals surface area contributed by atoms with E-state index >= 15 is 0 Å². The summed E-state index contributed by atoms with van der Waals surface area (Å²) in [4.78, 5) is 24.1. The van der Waals surface area contributed by atoms with Crippen LogP contribution < -0.4 is 5.73 Å². The van der Waals surface area contributed by atoms with Crippen molar-refractivity contribution in [1.82, 2.24) is 4.90 Å². The maximum absolute atomic E-state index is 11.4. The molecule has 0 aliphatic carbocycles. The lowest BCUT2D eigenvalue weighted by molar-refractivity contribution is -0.128. The van der Waals surface area contributed by atoms with E-state index in [1.54, 1.807) is 12.1 Å². The van der Waals surface area contributed by atoms with Gasteiger partial charge in [-0.3, -0.25) is 9.59 Å². The van der Waals surface area contributed by atoms with Gasteiger partial charge in [-0.2, -0.15) is 0 Å². The van der Waals surface area contributed by atoms with E-state index in [1.165, 1.54) is 0 Å². The number of amides is 2. The van der Waals surface area contributed by atoms with Crippen LogP contribution in [0.25, 0.3) is 0 Å². The fourth-order valence-corrected chi connectivity index (χ4v) is 1.87. The van der Waals surface area contributed by atoms with Crippen molar-refractivity contribution in [3.8, 4) is 0 Å². The molecule has 2 amide bonds. The average molecular weight is 218 g/mol. The summed E-state index contributed by atoms with van der Waals surface area (Å²) in [5.41, 5.74) is 6.67. The van der Waals surface area contributed by atoms with Gasteiger partial charge in [0, 0.05) is 25.1 Å². The van der Waals surface area contributed by atoms with Crippen LogP contribution in [0.15, 0.2) is 24.3 Å². The summed E-state index contributed by atoms with van der Waals surface area (Å²) >= 11 is 0. The van der Waals surface area contributed by atoms with Crippen LogP contribution in [0.5, 0.6) is 0 Å². The molecule has 4 heteroatoms. The zero-order valence-electron chi connectivity index (χ0n) is 8.98. The van der Waals surface area contributed by atoms with Gasteiger partial charge in [-0.05, 0) is 24.1 Å². The number of hydrogen-bond donors (Lipinski definition) is 1. The van der Waals surface area contributed by atoms with Crippen LogP contribution in [0, 0.1) is 0 Å². The number of rotatable bonds is 3. The molecule has 0 bridgehead atoms. The molecule has 0 atom stereocenters. The highest BCUT2D eigenvalue weighted by Gasteiger charge is 2.19. The van der Waals surface area contributed by atoms with E-state index < -0.39 is 5.91 Å². The fourth-order valence-electron chi connectivity index (χ4n) is 1.87. The van der Waals surface area contributed by atoms with Gasteiger partial charge in [-0.15, -0.1) is 0 Å². The Bertz CT molecular complexity index is 412. The van der Waals surface area contributed by atoms with E-state index in [2.05, 4.69) is 0 Å². The van der Waals surface area contributed by atoms with Crippen LogP contribution >= 0.6 is 0 Å². The molecule has 1 aromatic rings. The molecule has 84 valence electrons. The van der Waals surface area contributed by atoms with Gasteiger partial charge in [0.15, 0.2) is 0 Å². The van der Waals surface area contributed by atoms with Crippen LogP contribution in [-0.4, -0.2) is 23.3 Å². The van der Waals surface area contributed by atoms with Crippen molar-refractivity contribution < 1.29 is 9.59 Å². The van der Waals surface area contributed by atoms with E-state index in [0.29, 0.717) is 18.5 Å². The molecule has 4 nitrogen and oxygen atoms in total. The van der Waals surface area contributed by atoms with Crippen molar-refractivity contribution in [2.24, 2.45) is 5.73 Å². The van der Waals surface area contributed by atoms with Crippen molar-refractivity contribution in [1.29, 1.82) is 0 Å². The Labute approximate surface area is 94.0 Å². The fraction of sp³-hybridized carbons (Fsp3) is 0.333. The summed E-state index contributed by atoms with van der Waals surface area (Å²) in [7, 11) is 0. The molecular weight excluding hydrogens is 204 g/mol. The van der Waals surface area contributed by atoms with Gasteiger partial charge in [0.1, 0.15) is 0 Å². The number of benzene rings is 1. The van der Waals surface area contributed by atoms with E-state index in [1.807, 2.05) is 17.0 Å². The number of carbonyl (C=O) groups is 2. The van der Waals surface area contributed by atoms with Crippen molar-refractivity contribution in [3.05, 3.63) is 35.4 Å². The number of nitrogens with two attached hydrogens (primary N) is 1. The molecule has 0 spiro atoms. The Morgan fingerprint density at radius 1 is 1.31 bits per heavy atom. The van der Waals surface area contributed by atoms with Crippen LogP contribution in [-0.2, 0) is 11.3 Å². The van der Waals surface area contributed by atoms with Crippen LogP contribution in [0.3, 0.4) is 0 Å². The maximum atomic E-state index is 11.4. The normalized spacial score (nSPS) is 15.5. The highest BCUT2D eigenvalue weighted by atomic mass is 16.2. The number of carbonyl (C=O) groups excluding carboxylic acids is 2. The molecule has 1 heterocycles. The predicted molar refractivity (Wildman–Crippen MR) is 59.6 cm³/mol. The van der Waals surface area contributed by atoms with E-state index in [4.69, 9.17) is 5.73 Å². The topological polar surface area (TPSA) is 63.4 Å². The Balaban J connectivity index is 2.05. The van der Waals surface area contributed by atoms with Crippen LogP contribution in [0.4, 0.5) is 0 Å². The van der Waals surface area contributed by atoms with E-state index in [0.717, 1.165) is 18.5 Å². The molecule has 2 rings (SSSR count). The monoisotopic (exact) mass is 218 g/mol. The zero-order valence-corrected chi connectivity index (χ0v) is 8.98. The lowest BCUT2D eigenvalue weighted by Gasteiger charge is -2.15. The number of likely N-dealkylation sites (tertiary alicyclic amines) is 1. The van der Waals surface area contributed by atoms with Gasteiger partial charge in [0.2, 0.25) is 11.8 Å². The highest BCUT2D eigenvalue weighted by molar-refractivity contribution is 5.92. The first kappa shape index (κ1) is 10.7. The van der Waals surface area contributed by atoms with Gasteiger partial charge < -0.3 is 10.6 Å². The Morgan fingerprint density at radius 3 is 2.50 bits per heavy atom. The molecule has 1 aromatic carbocycles. The molecule has 1 fully saturated rings. The van der Waals surface area contributed by atoms with E-state index in [-0.39, 0.29) is 5.91 Å². The third-order valence-electron chi connectivity index (χ3n) is 2.78. The molecule has 16 heavy (non-hydrogen) atoms. The number of hydrogen-bond acceptors (Lipinski definition) is 2.